The van der Waals surface area contributed by atoms with E-state index in [0.29, 0.717) is 19.6 Å². The minimum Gasteiger partial charge on any atom is -0.382 e. The topological polar surface area (TPSA) is 38.8 Å². The maximum Gasteiger partial charge on any atom is 0.406 e. The lowest BCUT2D eigenvalue weighted by molar-refractivity contribution is -0.167. The van der Waals surface area contributed by atoms with Gasteiger partial charge >= 0.3 is 6.18 Å². The van der Waals surface area contributed by atoms with Crippen molar-refractivity contribution in [3.05, 3.63) is 0 Å². The van der Waals surface area contributed by atoms with Gasteiger partial charge in [-0.2, -0.15) is 13.2 Å². The summed E-state index contributed by atoms with van der Waals surface area (Å²) in [5.74, 6) is -0.661. The molecule has 18 heavy (non-hydrogen) atoms. The highest BCUT2D eigenvalue weighted by atomic mass is 19.4. The van der Waals surface area contributed by atoms with Crippen molar-refractivity contribution >= 4 is 5.91 Å². The summed E-state index contributed by atoms with van der Waals surface area (Å²) in [6.45, 7) is 2.80. The van der Waals surface area contributed by atoms with Crippen LogP contribution in [0.25, 0.3) is 0 Å². The van der Waals surface area contributed by atoms with Crippen LogP contribution in [0, 0.1) is 0 Å². The van der Waals surface area contributed by atoms with E-state index >= 15 is 0 Å². The Kier molecular flexibility index (Phi) is 7.93. The van der Waals surface area contributed by atoms with Crippen molar-refractivity contribution in [1.82, 2.24) is 4.90 Å². The van der Waals surface area contributed by atoms with E-state index in [9.17, 15) is 18.0 Å². The van der Waals surface area contributed by atoms with E-state index in [2.05, 4.69) is 0 Å². The third-order valence-corrected chi connectivity index (χ3v) is 2.30. The predicted molar refractivity (Wildman–Crippen MR) is 60.2 cm³/mol. The molecule has 108 valence electrons. The highest BCUT2D eigenvalue weighted by Crippen LogP contribution is 2.17. The van der Waals surface area contributed by atoms with Crippen molar-refractivity contribution in [2.24, 2.45) is 0 Å². The molecule has 0 fully saturated rings. The average Bonchev–Trinajstić information content (AvgIpc) is 2.29. The number of ether oxygens (including phenoxy) is 2. The first-order chi connectivity index (χ1) is 8.31. The number of nitrogens with zero attached hydrogens (tertiary/aromatic N) is 1. The second kappa shape index (κ2) is 8.31. The summed E-state index contributed by atoms with van der Waals surface area (Å²) in [7, 11) is 1.29. The number of hydrogen-bond acceptors (Lipinski definition) is 3. The lowest BCUT2D eigenvalue weighted by Crippen LogP contribution is -2.44. The molecule has 7 heteroatoms. The van der Waals surface area contributed by atoms with E-state index < -0.39 is 24.7 Å². The SMILES string of the molecule is CCOCCCN(CC(F)(F)F)C(=O)C(C)OC. The number of alkyl halides is 3. The van der Waals surface area contributed by atoms with Gasteiger partial charge in [0.25, 0.3) is 5.91 Å². The number of halogens is 3. The quantitative estimate of drug-likeness (QED) is 0.632. The second-order valence-electron chi connectivity index (χ2n) is 3.80. The van der Waals surface area contributed by atoms with Gasteiger partial charge in [0.15, 0.2) is 0 Å². The van der Waals surface area contributed by atoms with Crippen molar-refractivity contribution in [1.29, 1.82) is 0 Å². The Hall–Kier alpha value is -0.820. The molecule has 0 aliphatic rings. The molecule has 0 spiro atoms. The van der Waals surface area contributed by atoms with E-state index in [1.807, 2.05) is 0 Å². The zero-order valence-corrected chi connectivity index (χ0v) is 10.9. The van der Waals surface area contributed by atoms with Gasteiger partial charge in [-0.05, 0) is 20.3 Å². The monoisotopic (exact) mass is 271 g/mol. The van der Waals surface area contributed by atoms with Gasteiger partial charge in [0, 0.05) is 26.9 Å². The van der Waals surface area contributed by atoms with E-state index in [1.54, 1.807) is 6.92 Å². The summed E-state index contributed by atoms with van der Waals surface area (Å²) in [6.07, 6.45) is -4.92. The Morgan fingerprint density at radius 1 is 1.39 bits per heavy atom. The lowest BCUT2D eigenvalue weighted by atomic mass is 10.3. The van der Waals surface area contributed by atoms with Crippen LogP contribution in [-0.2, 0) is 14.3 Å². The van der Waals surface area contributed by atoms with E-state index in [1.165, 1.54) is 14.0 Å². The first-order valence-corrected chi connectivity index (χ1v) is 5.78. The van der Waals surface area contributed by atoms with Crippen molar-refractivity contribution < 1.29 is 27.4 Å². The summed E-state index contributed by atoms with van der Waals surface area (Å²) in [5, 5.41) is 0. The highest BCUT2D eigenvalue weighted by Gasteiger charge is 2.34. The maximum absolute atomic E-state index is 12.3. The summed E-state index contributed by atoms with van der Waals surface area (Å²) >= 11 is 0. The van der Waals surface area contributed by atoms with E-state index in [4.69, 9.17) is 9.47 Å². The molecule has 0 aromatic rings. The molecular weight excluding hydrogens is 251 g/mol. The molecule has 0 aliphatic heterocycles. The molecule has 0 heterocycles. The van der Waals surface area contributed by atoms with Crippen LogP contribution in [0.5, 0.6) is 0 Å². The fraction of sp³-hybridized carbons (Fsp3) is 0.909. The van der Waals surface area contributed by atoms with Crippen LogP contribution in [0.3, 0.4) is 0 Å². The molecular formula is C11H20F3NO3. The van der Waals surface area contributed by atoms with Crippen LogP contribution in [0.4, 0.5) is 13.2 Å². The van der Waals surface area contributed by atoms with Gasteiger partial charge in [-0.3, -0.25) is 4.79 Å². The fourth-order valence-corrected chi connectivity index (χ4v) is 1.34. The van der Waals surface area contributed by atoms with E-state index in [0.717, 1.165) is 4.90 Å². The van der Waals surface area contributed by atoms with Gasteiger partial charge in [-0.15, -0.1) is 0 Å². The Bertz CT molecular complexity index is 246. The van der Waals surface area contributed by atoms with Crippen molar-refractivity contribution in [3.8, 4) is 0 Å². The zero-order chi connectivity index (χ0) is 14.2. The van der Waals surface area contributed by atoms with Crippen LogP contribution in [0.15, 0.2) is 0 Å². The van der Waals surface area contributed by atoms with Gasteiger partial charge < -0.3 is 14.4 Å². The molecule has 4 nitrogen and oxygen atoms in total. The zero-order valence-electron chi connectivity index (χ0n) is 10.9. The van der Waals surface area contributed by atoms with Crippen LogP contribution in [0.1, 0.15) is 20.3 Å². The molecule has 0 N–H and O–H groups in total. The number of methoxy groups -OCH3 is 1. The Labute approximate surface area is 105 Å². The molecule has 1 atom stereocenters. The summed E-state index contributed by atoms with van der Waals surface area (Å²) < 4.78 is 46.8. The predicted octanol–water partition coefficient (Wildman–Crippen LogP) is 1.84. The van der Waals surface area contributed by atoms with Crippen LogP contribution in [-0.4, -0.2) is 56.5 Å². The van der Waals surface area contributed by atoms with Crippen molar-refractivity contribution in [2.75, 3.05) is 33.4 Å². The minimum atomic E-state index is -4.41. The van der Waals surface area contributed by atoms with Gasteiger partial charge in [0.1, 0.15) is 12.6 Å². The first-order valence-electron chi connectivity index (χ1n) is 5.78. The number of rotatable bonds is 8. The molecule has 1 unspecified atom stereocenters. The van der Waals surface area contributed by atoms with Crippen LogP contribution < -0.4 is 0 Å². The van der Waals surface area contributed by atoms with Crippen molar-refractivity contribution in [2.45, 2.75) is 32.5 Å². The van der Waals surface area contributed by atoms with Crippen LogP contribution in [0.2, 0.25) is 0 Å². The Morgan fingerprint density at radius 3 is 2.44 bits per heavy atom. The van der Waals surface area contributed by atoms with Crippen LogP contribution >= 0.6 is 0 Å². The lowest BCUT2D eigenvalue weighted by Gasteiger charge is -2.26. The fourth-order valence-electron chi connectivity index (χ4n) is 1.34. The Balaban J connectivity index is 4.38. The molecule has 0 aliphatic carbocycles. The normalized spacial score (nSPS) is 13.4. The number of hydrogen-bond donors (Lipinski definition) is 0. The van der Waals surface area contributed by atoms with Gasteiger partial charge in [0.2, 0.25) is 0 Å². The Morgan fingerprint density at radius 2 is 2.00 bits per heavy atom. The number of amides is 1. The molecule has 0 aromatic heterocycles. The number of carbonyl (C=O) groups excluding carboxylic acids is 1. The maximum atomic E-state index is 12.3. The first kappa shape index (κ1) is 17.2. The largest absolute Gasteiger partial charge is 0.406 e. The summed E-state index contributed by atoms with van der Waals surface area (Å²) in [4.78, 5) is 12.4. The van der Waals surface area contributed by atoms with Crippen molar-refractivity contribution in [3.63, 3.8) is 0 Å². The molecule has 0 bridgehead atoms. The minimum absolute atomic E-state index is 0.00600. The molecule has 0 saturated carbocycles. The molecule has 0 radical (unpaired) electrons. The van der Waals surface area contributed by atoms with Gasteiger partial charge in [0.05, 0.1) is 0 Å². The third-order valence-electron chi connectivity index (χ3n) is 2.30. The molecule has 0 aromatic carbocycles. The number of carbonyl (C=O) groups is 1. The summed E-state index contributed by atoms with van der Waals surface area (Å²) in [5.41, 5.74) is 0. The summed E-state index contributed by atoms with van der Waals surface area (Å²) in [6, 6.07) is 0. The highest BCUT2D eigenvalue weighted by molar-refractivity contribution is 5.80. The van der Waals surface area contributed by atoms with E-state index in [-0.39, 0.29) is 6.54 Å². The molecule has 0 rings (SSSR count). The molecule has 0 saturated heterocycles. The second-order valence-corrected chi connectivity index (χ2v) is 3.80. The molecule has 1 amide bonds. The standard InChI is InChI=1S/C11H20F3NO3/c1-4-18-7-5-6-15(8-11(12,13)14)10(16)9(2)17-3/h9H,4-8H2,1-3H3. The average molecular weight is 271 g/mol. The van der Waals surface area contributed by atoms with Gasteiger partial charge in [-0.1, -0.05) is 0 Å². The smallest absolute Gasteiger partial charge is 0.382 e. The third kappa shape index (κ3) is 7.50. The van der Waals surface area contributed by atoms with Gasteiger partial charge in [-0.25, -0.2) is 0 Å².